The van der Waals surface area contributed by atoms with Gasteiger partial charge in [0, 0.05) is 18.1 Å². The zero-order valence-electron chi connectivity index (χ0n) is 11.9. The first-order valence-electron chi connectivity index (χ1n) is 7.16. The average Bonchev–Trinajstić information content (AvgIpc) is 2.48. The van der Waals surface area contributed by atoms with Crippen LogP contribution in [0.15, 0.2) is 60.7 Å². The van der Waals surface area contributed by atoms with E-state index in [0.29, 0.717) is 0 Å². The van der Waals surface area contributed by atoms with Gasteiger partial charge in [0.05, 0.1) is 0 Å². The highest BCUT2D eigenvalue weighted by Crippen LogP contribution is 2.31. The van der Waals surface area contributed by atoms with Crippen LogP contribution in [0.2, 0.25) is 0 Å². The molecule has 0 amide bonds. The predicted octanol–water partition coefficient (Wildman–Crippen LogP) is 2.99. The van der Waals surface area contributed by atoms with Crippen molar-refractivity contribution in [3.05, 3.63) is 66.2 Å². The van der Waals surface area contributed by atoms with Crippen molar-refractivity contribution in [1.29, 1.82) is 0 Å². The van der Waals surface area contributed by atoms with Crippen molar-refractivity contribution in [3.63, 3.8) is 0 Å². The number of benzene rings is 2. The van der Waals surface area contributed by atoms with Crippen LogP contribution in [0, 0.1) is 0 Å². The molecular formula is C17H19BO2. The Morgan fingerprint density at radius 1 is 0.750 bits per heavy atom. The van der Waals surface area contributed by atoms with Gasteiger partial charge in [-0.15, -0.1) is 0 Å². The molecule has 0 radical (unpaired) electrons. The molecule has 1 fully saturated rings. The van der Waals surface area contributed by atoms with E-state index < -0.39 is 0 Å². The van der Waals surface area contributed by atoms with Gasteiger partial charge in [-0.05, 0) is 24.9 Å². The molecule has 102 valence electrons. The molecule has 0 aliphatic carbocycles. The molecule has 1 saturated heterocycles. The summed E-state index contributed by atoms with van der Waals surface area (Å²) in [5, 5.41) is 0. The van der Waals surface area contributed by atoms with Crippen molar-refractivity contribution < 1.29 is 9.31 Å². The van der Waals surface area contributed by atoms with Crippen molar-refractivity contribution in [2.24, 2.45) is 0 Å². The molecule has 1 unspecified atom stereocenters. The van der Waals surface area contributed by atoms with Gasteiger partial charge in [-0.25, -0.2) is 0 Å². The minimum absolute atomic E-state index is 0.131. The van der Waals surface area contributed by atoms with E-state index in [0.717, 1.165) is 5.46 Å². The highest BCUT2D eigenvalue weighted by molar-refractivity contribution is 6.61. The second kappa shape index (κ2) is 5.82. The largest absolute Gasteiger partial charge is 0.494 e. The van der Waals surface area contributed by atoms with Gasteiger partial charge in [0.2, 0.25) is 0 Å². The first kappa shape index (κ1) is 13.4. The zero-order chi connectivity index (χ0) is 13.9. The van der Waals surface area contributed by atoms with E-state index in [1.54, 1.807) is 0 Å². The molecule has 3 heteroatoms. The number of rotatable bonds is 2. The second-order valence-corrected chi connectivity index (χ2v) is 5.36. The molecule has 20 heavy (non-hydrogen) atoms. The summed E-state index contributed by atoms with van der Waals surface area (Å²) in [5.41, 5.74) is 2.36. The van der Waals surface area contributed by atoms with Gasteiger partial charge in [0.1, 0.15) is 0 Å². The topological polar surface area (TPSA) is 18.5 Å². The molecule has 2 aromatic rings. The fraction of sp³-hybridized carbons (Fsp3) is 0.294. The maximum absolute atomic E-state index is 6.09. The third-order valence-corrected chi connectivity index (χ3v) is 3.94. The van der Waals surface area contributed by atoms with Crippen molar-refractivity contribution >= 4 is 12.6 Å². The smallest absolute Gasteiger partial charge is 0.404 e. The maximum atomic E-state index is 6.09. The van der Waals surface area contributed by atoms with E-state index in [2.05, 4.69) is 38.1 Å². The summed E-state index contributed by atoms with van der Waals surface area (Å²) in [7, 11) is -0.263. The van der Waals surface area contributed by atoms with Gasteiger partial charge in [-0.2, -0.15) is 0 Å². The number of hydrogen-bond acceptors (Lipinski definition) is 2. The monoisotopic (exact) mass is 266 g/mol. The summed E-state index contributed by atoms with van der Waals surface area (Å²) in [6.45, 7) is 4.26. The maximum Gasteiger partial charge on any atom is 0.494 e. The Balaban J connectivity index is 1.80. The van der Waals surface area contributed by atoms with Gasteiger partial charge in [-0.3, -0.25) is 0 Å². The average molecular weight is 266 g/mol. The highest BCUT2D eigenvalue weighted by Gasteiger charge is 2.39. The third kappa shape index (κ3) is 2.65. The SMILES string of the molecule is C[C@@H]1OB(c2ccccc2)O[C@H](C)C1c1ccccc1. The lowest BCUT2D eigenvalue weighted by molar-refractivity contribution is 0.0166. The summed E-state index contributed by atoms with van der Waals surface area (Å²) in [4.78, 5) is 0. The van der Waals surface area contributed by atoms with E-state index >= 15 is 0 Å². The molecule has 1 aliphatic heterocycles. The lowest BCUT2D eigenvalue weighted by Crippen LogP contribution is -2.50. The van der Waals surface area contributed by atoms with E-state index in [4.69, 9.17) is 9.31 Å². The predicted molar refractivity (Wildman–Crippen MR) is 82.1 cm³/mol. The normalized spacial score (nSPS) is 26.5. The molecule has 2 aromatic carbocycles. The Labute approximate surface area is 120 Å². The first-order chi connectivity index (χ1) is 9.75. The van der Waals surface area contributed by atoms with Crippen LogP contribution in [0.5, 0.6) is 0 Å². The lowest BCUT2D eigenvalue weighted by Gasteiger charge is -2.38. The van der Waals surface area contributed by atoms with E-state index in [1.807, 2.05) is 36.4 Å². The summed E-state index contributed by atoms with van der Waals surface area (Å²) in [5.74, 6) is 0.274. The van der Waals surface area contributed by atoms with E-state index in [9.17, 15) is 0 Å². The second-order valence-electron chi connectivity index (χ2n) is 5.36. The molecule has 3 rings (SSSR count). The summed E-state index contributed by atoms with van der Waals surface area (Å²) < 4.78 is 12.2. The summed E-state index contributed by atoms with van der Waals surface area (Å²) in [6, 6.07) is 20.6. The van der Waals surface area contributed by atoms with Crippen LogP contribution < -0.4 is 5.46 Å². The van der Waals surface area contributed by atoms with Crippen LogP contribution in [0.3, 0.4) is 0 Å². The van der Waals surface area contributed by atoms with Crippen molar-refractivity contribution in [2.45, 2.75) is 32.0 Å². The Kier molecular flexibility index (Phi) is 3.90. The minimum atomic E-state index is -0.263. The van der Waals surface area contributed by atoms with Crippen molar-refractivity contribution in [3.8, 4) is 0 Å². The quantitative estimate of drug-likeness (QED) is 0.778. The molecule has 1 aliphatic rings. The van der Waals surface area contributed by atoms with Crippen LogP contribution >= 0.6 is 0 Å². The van der Waals surface area contributed by atoms with Crippen molar-refractivity contribution in [1.82, 2.24) is 0 Å². The molecule has 0 saturated carbocycles. The standard InChI is InChI=1S/C17H19BO2/c1-13-17(15-9-5-3-6-10-15)14(2)20-18(19-13)16-11-7-4-8-12-16/h3-14,17H,1-2H3/t13-,14+,17?. The fourth-order valence-corrected chi connectivity index (χ4v) is 2.96. The number of hydrogen-bond donors (Lipinski definition) is 0. The molecule has 0 bridgehead atoms. The highest BCUT2D eigenvalue weighted by atomic mass is 16.6. The Morgan fingerprint density at radius 3 is 1.80 bits per heavy atom. The molecular weight excluding hydrogens is 247 g/mol. The summed E-state index contributed by atoms with van der Waals surface area (Å²) >= 11 is 0. The van der Waals surface area contributed by atoms with E-state index in [-0.39, 0.29) is 25.2 Å². The molecule has 2 nitrogen and oxygen atoms in total. The molecule has 0 spiro atoms. The van der Waals surface area contributed by atoms with Gasteiger partial charge in [-0.1, -0.05) is 60.7 Å². The zero-order valence-corrected chi connectivity index (χ0v) is 11.9. The molecule has 3 atom stereocenters. The molecule has 0 aromatic heterocycles. The lowest BCUT2D eigenvalue weighted by atomic mass is 9.74. The van der Waals surface area contributed by atoms with Gasteiger partial charge < -0.3 is 9.31 Å². The molecule has 1 heterocycles. The third-order valence-electron chi connectivity index (χ3n) is 3.94. The van der Waals surface area contributed by atoms with Crippen LogP contribution in [-0.2, 0) is 9.31 Å². The Bertz CT molecular complexity index is 531. The van der Waals surface area contributed by atoms with Gasteiger partial charge in [0.15, 0.2) is 0 Å². The molecule has 0 N–H and O–H groups in total. The van der Waals surface area contributed by atoms with Gasteiger partial charge in [0.25, 0.3) is 0 Å². The van der Waals surface area contributed by atoms with Crippen molar-refractivity contribution in [2.75, 3.05) is 0 Å². The fourth-order valence-electron chi connectivity index (χ4n) is 2.96. The van der Waals surface area contributed by atoms with Crippen LogP contribution in [0.4, 0.5) is 0 Å². The Morgan fingerprint density at radius 2 is 1.25 bits per heavy atom. The first-order valence-corrected chi connectivity index (χ1v) is 7.16. The minimum Gasteiger partial charge on any atom is -0.404 e. The van der Waals surface area contributed by atoms with E-state index in [1.165, 1.54) is 5.56 Å². The van der Waals surface area contributed by atoms with Gasteiger partial charge >= 0.3 is 7.12 Å². The summed E-state index contributed by atoms with van der Waals surface area (Å²) in [6.07, 6.45) is 0.262. The van der Waals surface area contributed by atoms with Crippen LogP contribution in [-0.4, -0.2) is 19.3 Å². The Hall–Kier alpha value is -1.58. The van der Waals surface area contributed by atoms with Crippen LogP contribution in [0.25, 0.3) is 0 Å². The van der Waals surface area contributed by atoms with Crippen LogP contribution in [0.1, 0.15) is 25.3 Å².